The Kier molecular flexibility index (Phi) is 5.45. The van der Waals surface area contributed by atoms with Crippen LogP contribution in [-0.4, -0.2) is 45.9 Å². The van der Waals surface area contributed by atoms with Gasteiger partial charge in [-0.05, 0) is 47.0 Å². The molecule has 5 nitrogen and oxygen atoms in total. The average Bonchev–Trinajstić information content (AvgIpc) is 2.81. The number of aromatic nitrogens is 1. The lowest BCUT2D eigenvalue weighted by molar-refractivity contribution is -0.00981. The van der Waals surface area contributed by atoms with Crippen LogP contribution in [0.5, 0.6) is 0 Å². The molecular formula is C16H26N2O3S. The molecule has 0 bridgehead atoms. The van der Waals surface area contributed by atoms with Crippen molar-refractivity contribution in [3.05, 3.63) is 16.1 Å². The zero-order valence-corrected chi connectivity index (χ0v) is 14.7. The number of aliphatic hydroxyl groups is 1. The molecule has 0 spiro atoms. The van der Waals surface area contributed by atoms with E-state index in [2.05, 4.69) is 4.98 Å². The third-order valence-corrected chi connectivity index (χ3v) is 4.93. The van der Waals surface area contributed by atoms with Crippen molar-refractivity contribution in [3.63, 3.8) is 0 Å². The van der Waals surface area contributed by atoms with Crippen molar-refractivity contribution in [2.75, 3.05) is 13.1 Å². The molecule has 0 saturated carbocycles. The maximum absolute atomic E-state index is 12.2. The Morgan fingerprint density at radius 3 is 2.86 bits per heavy atom. The van der Waals surface area contributed by atoms with Crippen molar-refractivity contribution in [2.24, 2.45) is 5.92 Å². The number of amides is 1. The standard InChI is InChI=1S/C16H26N2O3S/c1-11-14(22-10-17-11)6-5-12-9-18(8-7-13(12)19)15(20)21-16(2,3)4/h10,12-13,19H,5-9H2,1-4H3. The highest BCUT2D eigenvalue weighted by Crippen LogP contribution is 2.25. The second-order valence-electron chi connectivity index (χ2n) is 6.94. The van der Waals surface area contributed by atoms with Crippen molar-refractivity contribution >= 4 is 17.4 Å². The predicted molar refractivity (Wildman–Crippen MR) is 87.1 cm³/mol. The Bertz CT molecular complexity index is 510. The molecule has 1 aliphatic rings. The van der Waals surface area contributed by atoms with Crippen LogP contribution in [-0.2, 0) is 11.2 Å². The van der Waals surface area contributed by atoms with Crippen molar-refractivity contribution in [2.45, 2.75) is 58.7 Å². The summed E-state index contributed by atoms with van der Waals surface area (Å²) in [5.74, 6) is 0.0998. The van der Waals surface area contributed by atoms with E-state index in [0.29, 0.717) is 19.5 Å². The molecule has 2 atom stereocenters. The quantitative estimate of drug-likeness (QED) is 0.927. The normalized spacial score (nSPS) is 22.7. The molecule has 2 rings (SSSR count). The Morgan fingerprint density at radius 2 is 2.27 bits per heavy atom. The number of thiazole rings is 1. The maximum Gasteiger partial charge on any atom is 0.410 e. The summed E-state index contributed by atoms with van der Waals surface area (Å²) in [6.07, 6.45) is 1.76. The molecule has 1 fully saturated rings. The van der Waals surface area contributed by atoms with Gasteiger partial charge >= 0.3 is 6.09 Å². The third-order valence-electron chi connectivity index (χ3n) is 3.93. The number of hydrogen-bond acceptors (Lipinski definition) is 5. The molecule has 2 unspecified atom stereocenters. The molecule has 1 saturated heterocycles. The third kappa shape index (κ3) is 4.68. The highest BCUT2D eigenvalue weighted by molar-refractivity contribution is 7.09. The van der Waals surface area contributed by atoms with E-state index in [9.17, 15) is 9.90 Å². The fourth-order valence-electron chi connectivity index (χ4n) is 2.68. The molecule has 0 aliphatic carbocycles. The minimum atomic E-state index is -0.484. The molecule has 1 aromatic rings. The number of nitrogens with zero attached hydrogens (tertiary/aromatic N) is 2. The first-order valence-corrected chi connectivity index (χ1v) is 8.69. The van der Waals surface area contributed by atoms with Crippen LogP contribution in [0.3, 0.4) is 0 Å². The second-order valence-corrected chi connectivity index (χ2v) is 7.88. The first kappa shape index (κ1) is 17.2. The minimum absolute atomic E-state index is 0.0998. The number of aliphatic hydroxyl groups excluding tert-OH is 1. The SMILES string of the molecule is Cc1ncsc1CCC1CN(C(=O)OC(C)(C)C)CCC1O. The monoisotopic (exact) mass is 326 g/mol. The molecule has 0 aromatic carbocycles. The number of likely N-dealkylation sites (tertiary alicyclic amines) is 1. The van der Waals surface area contributed by atoms with Crippen LogP contribution in [0.1, 0.15) is 44.2 Å². The van der Waals surface area contributed by atoms with Gasteiger partial charge in [0.2, 0.25) is 0 Å². The molecule has 1 aromatic heterocycles. The second kappa shape index (κ2) is 6.96. The van der Waals surface area contributed by atoms with Crippen LogP contribution in [0.2, 0.25) is 0 Å². The molecule has 1 N–H and O–H groups in total. The van der Waals surface area contributed by atoms with E-state index >= 15 is 0 Å². The summed E-state index contributed by atoms with van der Waals surface area (Å²) < 4.78 is 5.43. The van der Waals surface area contributed by atoms with Crippen LogP contribution < -0.4 is 0 Å². The number of hydrogen-bond donors (Lipinski definition) is 1. The van der Waals surface area contributed by atoms with Gasteiger partial charge in [-0.2, -0.15) is 0 Å². The first-order chi connectivity index (χ1) is 10.3. The summed E-state index contributed by atoms with van der Waals surface area (Å²) in [5, 5.41) is 10.2. The number of ether oxygens (including phenoxy) is 1. The lowest BCUT2D eigenvalue weighted by Crippen LogP contribution is -2.47. The van der Waals surface area contributed by atoms with Gasteiger partial charge in [-0.1, -0.05) is 0 Å². The Hall–Kier alpha value is -1.14. The van der Waals surface area contributed by atoms with Gasteiger partial charge in [0.1, 0.15) is 5.60 Å². The predicted octanol–water partition coefficient (Wildman–Crippen LogP) is 3.00. The number of rotatable bonds is 3. The van der Waals surface area contributed by atoms with E-state index in [0.717, 1.165) is 18.5 Å². The number of carbonyl (C=O) groups excluding carboxylic acids is 1. The van der Waals surface area contributed by atoms with Gasteiger partial charge in [0, 0.05) is 23.9 Å². The van der Waals surface area contributed by atoms with Crippen LogP contribution in [0, 0.1) is 12.8 Å². The Balaban J connectivity index is 1.90. The Labute approximate surface area is 136 Å². The Morgan fingerprint density at radius 1 is 1.55 bits per heavy atom. The van der Waals surface area contributed by atoms with Crippen molar-refractivity contribution in [3.8, 4) is 0 Å². The summed E-state index contributed by atoms with van der Waals surface area (Å²) >= 11 is 1.66. The molecule has 0 radical (unpaired) electrons. The van der Waals surface area contributed by atoms with Gasteiger partial charge in [-0.15, -0.1) is 11.3 Å². The molecule has 2 heterocycles. The van der Waals surface area contributed by atoms with E-state index < -0.39 is 5.60 Å². The highest BCUT2D eigenvalue weighted by Gasteiger charge is 2.32. The molecule has 124 valence electrons. The van der Waals surface area contributed by atoms with E-state index in [1.807, 2.05) is 33.2 Å². The average molecular weight is 326 g/mol. The lowest BCUT2D eigenvalue weighted by Gasteiger charge is -2.37. The van der Waals surface area contributed by atoms with E-state index in [-0.39, 0.29) is 18.1 Å². The van der Waals surface area contributed by atoms with Crippen molar-refractivity contribution < 1.29 is 14.6 Å². The van der Waals surface area contributed by atoms with Gasteiger partial charge in [0.15, 0.2) is 0 Å². The molecule has 22 heavy (non-hydrogen) atoms. The smallest absolute Gasteiger partial charge is 0.410 e. The minimum Gasteiger partial charge on any atom is -0.444 e. The molecule has 6 heteroatoms. The largest absolute Gasteiger partial charge is 0.444 e. The highest BCUT2D eigenvalue weighted by atomic mass is 32.1. The number of carbonyl (C=O) groups is 1. The van der Waals surface area contributed by atoms with Crippen LogP contribution in [0.25, 0.3) is 0 Å². The van der Waals surface area contributed by atoms with Crippen molar-refractivity contribution in [1.29, 1.82) is 0 Å². The maximum atomic E-state index is 12.2. The van der Waals surface area contributed by atoms with Crippen LogP contribution >= 0.6 is 11.3 Å². The van der Waals surface area contributed by atoms with Gasteiger partial charge in [-0.25, -0.2) is 9.78 Å². The van der Waals surface area contributed by atoms with Crippen LogP contribution in [0.15, 0.2) is 5.51 Å². The van der Waals surface area contributed by atoms with Gasteiger partial charge in [-0.3, -0.25) is 0 Å². The molecule has 1 aliphatic heterocycles. The van der Waals surface area contributed by atoms with Gasteiger partial charge in [0.05, 0.1) is 17.3 Å². The first-order valence-electron chi connectivity index (χ1n) is 7.81. The summed E-state index contributed by atoms with van der Waals surface area (Å²) in [5.41, 5.74) is 2.44. The summed E-state index contributed by atoms with van der Waals surface area (Å²) in [6, 6.07) is 0. The zero-order valence-electron chi connectivity index (χ0n) is 13.8. The summed E-state index contributed by atoms with van der Waals surface area (Å²) in [6.45, 7) is 8.74. The van der Waals surface area contributed by atoms with E-state index in [1.165, 1.54) is 4.88 Å². The van der Waals surface area contributed by atoms with E-state index in [1.54, 1.807) is 16.2 Å². The summed E-state index contributed by atoms with van der Waals surface area (Å²) in [4.78, 5) is 19.4. The fraction of sp³-hybridized carbons (Fsp3) is 0.750. The fourth-order valence-corrected chi connectivity index (χ4v) is 3.48. The topological polar surface area (TPSA) is 62.7 Å². The van der Waals surface area contributed by atoms with Crippen LogP contribution in [0.4, 0.5) is 4.79 Å². The number of piperidine rings is 1. The zero-order chi connectivity index (χ0) is 16.3. The summed E-state index contributed by atoms with van der Waals surface area (Å²) in [7, 11) is 0. The van der Waals surface area contributed by atoms with Gasteiger partial charge < -0.3 is 14.7 Å². The van der Waals surface area contributed by atoms with Gasteiger partial charge in [0.25, 0.3) is 0 Å². The molecular weight excluding hydrogens is 300 g/mol. The molecule has 1 amide bonds. The number of aryl methyl sites for hydroxylation is 2. The lowest BCUT2D eigenvalue weighted by atomic mass is 9.90. The van der Waals surface area contributed by atoms with E-state index in [4.69, 9.17) is 4.74 Å². The van der Waals surface area contributed by atoms with Crippen molar-refractivity contribution in [1.82, 2.24) is 9.88 Å².